The van der Waals surface area contributed by atoms with E-state index in [-0.39, 0.29) is 29.3 Å². The van der Waals surface area contributed by atoms with Gasteiger partial charge in [-0.25, -0.2) is 9.78 Å². The molecule has 174 valence electrons. The number of ether oxygens (including phenoxy) is 1. The van der Waals surface area contributed by atoms with Crippen molar-refractivity contribution >= 4 is 17.1 Å². The molecule has 0 aliphatic heterocycles. The van der Waals surface area contributed by atoms with Crippen LogP contribution in [0.25, 0.3) is 11.2 Å². The number of aromatic amines is 1. The Balaban J connectivity index is 0.000000216. The van der Waals surface area contributed by atoms with Gasteiger partial charge in [0, 0.05) is 31.6 Å². The summed E-state index contributed by atoms with van der Waals surface area (Å²) < 4.78 is 7.79. The summed E-state index contributed by atoms with van der Waals surface area (Å²) >= 11 is 0. The van der Waals surface area contributed by atoms with Crippen molar-refractivity contribution < 1.29 is 9.53 Å². The fourth-order valence-corrected chi connectivity index (χ4v) is 3.22. The van der Waals surface area contributed by atoms with Crippen molar-refractivity contribution in [3.8, 4) is 17.6 Å². The second-order valence-corrected chi connectivity index (χ2v) is 7.51. The molecule has 9 nitrogen and oxygen atoms in total. The topological polar surface area (TPSA) is 112 Å². The third-order valence-corrected chi connectivity index (χ3v) is 4.86. The number of hydrogen-bond donors (Lipinski definition) is 1. The maximum Gasteiger partial charge on any atom is 0.333 e. The van der Waals surface area contributed by atoms with Gasteiger partial charge in [0.25, 0.3) is 5.56 Å². The third-order valence-electron chi connectivity index (χ3n) is 4.86. The lowest BCUT2D eigenvalue weighted by molar-refractivity contribution is -0.131. The Hall–Kier alpha value is -3.67. The van der Waals surface area contributed by atoms with Crippen LogP contribution in [0.15, 0.2) is 34.1 Å². The number of fused-ring (bicyclic) bond motifs is 1. The lowest BCUT2D eigenvalue weighted by Gasteiger charge is -2.09. The fourth-order valence-electron chi connectivity index (χ4n) is 3.22. The molecular formula is C24H29N5O4. The standard InChI is InChI=1S/C15H16N4O2.C7H7NO2.C2H6/c1-2-3-4-11-16-12-13(17-11)18(9-5-6-9)15(21)19(14(12)20)10-7-8-10;1-6(9)10-7-3-2-4-8-5-7;1-2/h9-10H,2,5-8H2,1H3,(H,16,17);2-5H,1H3;1-2H3. The Morgan fingerprint density at radius 1 is 1.18 bits per heavy atom. The number of carbonyl (C=O) groups is 1. The van der Waals surface area contributed by atoms with E-state index in [0.29, 0.717) is 22.7 Å². The van der Waals surface area contributed by atoms with Gasteiger partial charge in [-0.1, -0.05) is 26.7 Å². The average Bonchev–Trinajstić information content (AvgIpc) is 3.74. The SMILES string of the molecule is CC.CC(=O)Oc1cccnc1.CCC#Cc1nc2c([nH]1)c(=O)n(C1CC1)c(=O)n2C1CC1. The molecule has 9 heteroatoms. The van der Waals surface area contributed by atoms with Crippen molar-refractivity contribution in [2.75, 3.05) is 0 Å². The van der Waals surface area contributed by atoms with Gasteiger partial charge in [0.15, 0.2) is 17.0 Å². The van der Waals surface area contributed by atoms with Gasteiger partial charge < -0.3 is 9.72 Å². The number of hydrogen-bond acceptors (Lipinski definition) is 6. The van der Waals surface area contributed by atoms with E-state index in [1.165, 1.54) is 17.7 Å². The van der Waals surface area contributed by atoms with Crippen LogP contribution < -0.4 is 16.0 Å². The van der Waals surface area contributed by atoms with Gasteiger partial charge in [0.1, 0.15) is 5.75 Å². The minimum atomic E-state index is -0.326. The van der Waals surface area contributed by atoms with Gasteiger partial charge in [-0.15, -0.1) is 0 Å². The van der Waals surface area contributed by atoms with E-state index in [1.807, 2.05) is 20.8 Å². The van der Waals surface area contributed by atoms with Crippen LogP contribution >= 0.6 is 0 Å². The number of aromatic nitrogens is 5. The number of nitrogens with zero attached hydrogens (tertiary/aromatic N) is 4. The van der Waals surface area contributed by atoms with E-state index < -0.39 is 0 Å². The number of carbonyl (C=O) groups excluding carboxylic acids is 1. The molecule has 5 rings (SSSR count). The van der Waals surface area contributed by atoms with Gasteiger partial charge in [0.05, 0.1) is 6.20 Å². The predicted molar refractivity (Wildman–Crippen MR) is 125 cm³/mol. The van der Waals surface area contributed by atoms with Crippen molar-refractivity contribution in [1.29, 1.82) is 0 Å². The quantitative estimate of drug-likeness (QED) is 0.483. The summed E-state index contributed by atoms with van der Waals surface area (Å²) in [7, 11) is 0. The lowest BCUT2D eigenvalue weighted by atomic mass is 10.4. The molecule has 2 fully saturated rings. The Bertz CT molecular complexity index is 1290. The second kappa shape index (κ2) is 10.8. The molecule has 3 aromatic rings. The molecule has 3 heterocycles. The highest BCUT2D eigenvalue weighted by molar-refractivity contribution is 5.71. The molecule has 2 aliphatic rings. The van der Waals surface area contributed by atoms with Crippen molar-refractivity contribution in [3.05, 3.63) is 51.2 Å². The normalized spacial score (nSPS) is 14.2. The van der Waals surface area contributed by atoms with E-state index in [2.05, 4.69) is 26.8 Å². The van der Waals surface area contributed by atoms with Crippen molar-refractivity contribution in [2.24, 2.45) is 0 Å². The van der Waals surface area contributed by atoms with Crippen LogP contribution in [0.4, 0.5) is 0 Å². The molecule has 2 aliphatic carbocycles. The highest BCUT2D eigenvalue weighted by Gasteiger charge is 2.34. The van der Waals surface area contributed by atoms with Crippen LogP contribution in [0.3, 0.4) is 0 Å². The van der Waals surface area contributed by atoms with E-state index in [4.69, 9.17) is 4.74 Å². The maximum atomic E-state index is 12.6. The van der Waals surface area contributed by atoms with Crippen LogP contribution in [0.5, 0.6) is 5.75 Å². The number of H-pyrrole nitrogens is 1. The second-order valence-electron chi connectivity index (χ2n) is 7.51. The first kappa shape index (κ1) is 24.0. The summed E-state index contributed by atoms with van der Waals surface area (Å²) in [5.41, 5.74) is 0.407. The molecule has 1 N–H and O–H groups in total. The molecule has 0 bridgehead atoms. The highest BCUT2D eigenvalue weighted by Crippen LogP contribution is 2.36. The van der Waals surface area contributed by atoms with Gasteiger partial charge in [-0.3, -0.25) is 23.7 Å². The monoisotopic (exact) mass is 451 g/mol. The van der Waals surface area contributed by atoms with Gasteiger partial charge in [0.2, 0.25) is 0 Å². The van der Waals surface area contributed by atoms with Crippen LogP contribution in [-0.4, -0.2) is 30.1 Å². The maximum absolute atomic E-state index is 12.6. The Kier molecular flexibility index (Phi) is 7.83. The summed E-state index contributed by atoms with van der Waals surface area (Å²) in [5.74, 6) is 6.45. The van der Waals surface area contributed by atoms with Gasteiger partial charge in [-0.2, -0.15) is 0 Å². The van der Waals surface area contributed by atoms with Crippen molar-refractivity contribution in [3.63, 3.8) is 0 Å². The molecule has 0 aromatic carbocycles. The minimum Gasteiger partial charge on any atom is -0.425 e. The van der Waals surface area contributed by atoms with Gasteiger partial charge >= 0.3 is 11.7 Å². The number of imidazole rings is 1. The first-order valence-corrected chi connectivity index (χ1v) is 11.3. The van der Waals surface area contributed by atoms with E-state index in [9.17, 15) is 14.4 Å². The van der Waals surface area contributed by atoms with Gasteiger partial charge in [-0.05, 0) is 43.7 Å². The first-order chi connectivity index (χ1) is 16.0. The van der Waals surface area contributed by atoms with Crippen molar-refractivity contribution in [1.82, 2.24) is 24.1 Å². The zero-order chi connectivity index (χ0) is 24.0. The molecule has 0 saturated heterocycles. The molecule has 3 aromatic heterocycles. The smallest absolute Gasteiger partial charge is 0.333 e. The molecule has 0 radical (unpaired) electrons. The van der Waals surface area contributed by atoms with Crippen LogP contribution in [0, 0.1) is 11.8 Å². The number of pyridine rings is 1. The predicted octanol–water partition coefficient (Wildman–Crippen LogP) is 3.35. The zero-order valence-corrected chi connectivity index (χ0v) is 19.4. The Morgan fingerprint density at radius 3 is 2.39 bits per heavy atom. The average molecular weight is 452 g/mol. The highest BCUT2D eigenvalue weighted by atomic mass is 16.5. The minimum absolute atomic E-state index is 0.0628. The summed E-state index contributed by atoms with van der Waals surface area (Å²) in [5, 5.41) is 0. The lowest BCUT2D eigenvalue weighted by Crippen LogP contribution is -2.39. The third kappa shape index (κ3) is 5.77. The fraction of sp³-hybridized carbons (Fsp3) is 0.458. The molecule has 33 heavy (non-hydrogen) atoms. The summed E-state index contributed by atoms with van der Waals surface area (Å²) in [6.45, 7) is 7.31. The molecule has 2 saturated carbocycles. The summed E-state index contributed by atoms with van der Waals surface area (Å²) in [6.07, 6.45) is 7.58. The number of nitrogens with one attached hydrogen (secondary N) is 1. The van der Waals surface area contributed by atoms with E-state index in [0.717, 1.165) is 32.1 Å². The van der Waals surface area contributed by atoms with Crippen LogP contribution in [0.1, 0.15) is 77.7 Å². The van der Waals surface area contributed by atoms with E-state index in [1.54, 1.807) is 22.9 Å². The molecule has 0 amide bonds. The largest absolute Gasteiger partial charge is 0.425 e. The van der Waals surface area contributed by atoms with Crippen molar-refractivity contribution in [2.45, 2.75) is 71.9 Å². The first-order valence-electron chi connectivity index (χ1n) is 11.3. The Morgan fingerprint density at radius 2 is 1.85 bits per heavy atom. The zero-order valence-electron chi connectivity index (χ0n) is 19.4. The molecule has 0 atom stereocenters. The molecule has 0 spiro atoms. The van der Waals surface area contributed by atoms with E-state index >= 15 is 0 Å². The van der Waals surface area contributed by atoms with Crippen LogP contribution in [-0.2, 0) is 4.79 Å². The number of esters is 1. The number of rotatable bonds is 3. The Labute approximate surface area is 191 Å². The summed E-state index contributed by atoms with van der Waals surface area (Å²) in [6, 6.07) is 3.63. The summed E-state index contributed by atoms with van der Waals surface area (Å²) in [4.78, 5) is 46.7. The molecule has 0 unspecified atom stereocenters. The van der Waals surface area contributed by atoms with Crippen LogP contribution in [0.2, 0.25) is 0 Å². The molecular weight excluding hydrogens is 422 g/mol.